The molecule has 0 aromatic heterocycles. The molecule has 10 atom stereocenters. The van der Waals surface area contributed by atoms with E-state index in [1.165, 1.54) is 163 Å². The number of benzene rings is 20. The summed E-state index contributed by atoms with van der Waals surface area (Å²) in [7, 11) is 0. The van der Waals surface area contributed by atoms with E-state index in [4.69, 9.17) is 0 Å². The van der Waals surface area contributed by atoms with Gasteiger partial charge in [-0.1, -0.05) is 438 Å². The fourth-order valence-corrected chi connectivity index (χ4v) is 22.8. The molecule has 10 unspecified atom stereocenters. The van der Waals surface area contributed by atoms with Gasteiger partial charge in [0.1, 0.15) is 0 Å². The fourth-order valence-electron chi connectivity index (χ4n) is 22.8. The standard InChI is InChI=1S/C122H106/c1-3-84(104-65-25-45-86-35-5-15-55-106(86)104)75-96(116-67-27-47-88-37-7-17-57-108(88)116)77-98(118-69-29-49-90-39-9-19-59-110(90)118)79-100(120-71-31-51-92-41-11-21-61-112(92)120)81-102(122-73-33-53-94-43-13-23-63-114(94)122)82-101(121-72-32-52-93-42-12-22-62-113(93)121)80-99(119-70-30-50-91-40-10-20-60-111(91)119)78-97(117-68-28-48-89-38-8-18-58-109(89)117)76-95(115-66-26-46-87-36-6-16-56-107(87)115)74-83(2)103-64-24-44-85-34-4-14-54-105(85)103/h4-73,83-84,95-102H,3,74-82H2,1-2H3. The minimum atomic E-state index is 0.0974. The summed E-state index contributed by atoms with van der Waals surface area (Å²) in [4.78, 5) is 0. The van der Waals surface area contributed by atoms with Crippen LogP contribution in [0.3, 0.4) is 0 Å². The van der Waals surface area contributed by atoms with Crippen LogP contribution in [0.15, 0.2) is 425 Å². The van der Waals surface area contributed by atoms with Gasteiger partial charge >= 0.3 is 0 Å². The van der Waals surface area contributed by atoms with Crippen molar-refractivity contribution < 1.29 is 0 Å². The second-order valence-corrected chi connectivity index (χ2v) is 35.4. The van der Waals surface area contributed by atoms with Crippen LogP contribution >= 0.6 is 0 Å². The van der Waals surface area contributed by atoms with E-state index in [1.807, 2.05) is 0 Å². The zero-order valence-electron chi connectivity index (χ0n) is 70.3. The molecule has 122 heavy (non-hydrogen) atoms. The number of fused-ring (bicyclic) bond motifs is 10. The fraction of sp³-hybridized carbons (Fsp3) is 0.180. The maximum atomic E-state index is 2.55. The van der Waals surface area contributed by atoms with Crippen LogP contribution in [0.1, 0.15) is 193 Å². The van der Waals surface area contributed by atoms with Crippen molar-refractivity contribution in [2.75, 3.05) is 0 Å². The Kier molecular flexibility index (Phi) is 22.5. The summed E-state index contributed by atoms with van der Waals surface area (Å²) >= 11 is 0. The Morgan fingerprint density at radius 3 is 0.426 bits per heavy atom. The van der Waals surface area contributed by atoms with E-state index in [-0.39, 0.29) is 53.3 Å². The van der Waals surface area contributed by atoms with Gasteiger partial charge in [0, 0.05) is 0 Å². The SMILES string of the molecule is CCC(CC(CC(CC(CC(CC(CC(CC(CC(CC(C)c1cccc2ccccc12)c1cccc2ccccc12)c1cccc2ccccc12)c1cccc2ccccc12)c1cccc2ccccc12)c1cccc2ccccc12)c1cccc2ccccc12)c1cccc2ccccc12)c1cccc2ccccc12)c1cccc2ccccc12. The van der Waals surface area contributed by atoms with Crippen molar-refractivity contribution in [1.82, 2.24) is 0 Å². The molecule has 594 valence electrons. The highest BCUT2D eigenvalue weighted by Crippen LogP contribution is 2.54. The van der Waals surface area contributed by atoms with Crippen molar-refractivity contribution in [1.29, 1.82) is 0 Å². The minimum absolute atomic E-state index is 0.0974. The molecule has 0 bridgehead atoms. The van der Waals surface area contributed by atoms with Crippen molar-refractivity contribution in [3.63, 3.8) is 0 Å². The second-order valence-electron chi connectivity index (χ2n) is 35.4. The van der Waals surface area contributed by atoms with Crippen molar-refractivity contribution in [2.24, 2.45) is 0 Å². The first-order chi connectivity index (χ1) is 60.4. The smallest absolute Gasteiger partial charge is 0.0144 e. The van der Waals surface area contributed by atoms with Crippen LogP contribution < -0.4 is 0 Å². The highest BCUT2D eigenvalue weighted by atomic mass is 14.4. The van der Waals surface area contributed by atoms with Crippen LogP contribution in [0.2, 0.25) is 0 Å². The van der Waals surface area contributed by atoms with Gasteiger partial charge in [-0.3, -0.25) is 0 Å². The molecule has 0 nitrogen and oxygen atoms in total. The van der Waals surface area contributed by atoms with E-state index in [1.54, 1.807) is 0 Å². The van der Waals surface area contributed by atoms with Crippen molar-refractivity contribution >= 4 is 108 Å². The molecule has 0 radical (unpaired) electrons. The molecule has 0 N–H and O–H groups in total. The lowest BCUT2D eigenvalue weighted by atomic mass is 9.68. The van der Waals surface area contributed by atoms with Crippen LogP contribution in [-0.4, -0.2) is 0 Å². The van der Waals surface area contributed by atoms with E-state index < -0.39 is 0 Å². The lowest BCUT2D eigenvalue weighted by molar-refractivity contribution is 0.373. The molecule has 0 aliphatic carbocycles. The molecule has 0 fully saturated rings. The topological polar surface area (TPSA) is 0 Å². The Balaban J connectivity index is 0.773. The van der Waals surface area contributed by atoms with E-state index in [0.29, 0.717) is 5.92 Å². The summed E-state index contributed by atoms with van der Waals surface area (Å²) in [5.74, 6) is 1.73. The predicted molar refractivity (Wildman–Crippen MR) is 524 cm³/mol. The molecule has 0 heterocycles. The molecule has 0 amide bonds. The third-order valence-corrected chi connectivity index (χ3v) is 28.4. The number of hydrogen-bond acceptors (Lipinski definition) is 0. The molecule has 0 aliphatic heterocycles. The molecule has 0 spiro atoms. The quantitative estimate of drug-likeness (QED) is 0.0438. The Morgan fingerprint density at radius 2 is 0.254 bits per heavy atom. The summed E-state index contributed by atoms with van der Waals surface area (Å²) < 4.78 is 0. The van der Waals surface area contributed by atoms with Gasteiger partial charge in [-0.25, -0.2) is 0 Å². The van der Waals surface area contributed by atoms with Gasteiger partial charge in [-0.2, -0.15) is 0 Å². The number of rotatable bonds is 29. The second kappa shape index (κ2) is 35.4. The van der Waals surface area contributed by atoms with Gasteiger partial charge in [0.25, 0.3) is 0 Å². The molecule has 0 saturated heterocycles. The van der Waals surface area contributed by atoms with Crippen LogP contribution in [0.5, 0.6) is 0 Å². The van der Waals surface area contributed by atoms with Gasteiger partial charge < -0.3 is 0 Å². The summed E-state index contributed by atoms with van der Waals surface area (Å²) in [6.45, 7) is 4.96. The summed E-state index contributed by atoms with van der Waals surface area (Å²) in [5, 5.41) is 26.6. The highest BCUT2D eigenvalue weighted by molar-refractivity contribution is 5.94. The molecule has 20 aromatic carbocycles. The van der Waals surface area contributed by atoms with Crippen molar-refractivity contribution in [3.8, 4) is 0 Å². The summed E-state index contributed by atoms with van der Waals surface area (Å²) in [6, 6.07) is 165. The van der Waals surface area contributed by atoms with Crippen molar-refractivity contribution in [3.05, 3.63) is 480 Å². The first kappa shape index (κ1) is 77.6. The molecule has 20 aromatic rings. The Labute approximate surface area is 720 Å². The molecular weight excluding hydrogens is 1470 g/mol. The van der Waals surface area contributed by atoms with Crippen LogP contribution in [0.4, 0.5) is 0 Å². The van der Waals surface area contributed by atoms with E-state index in [0.717, 1.165) is 64.2 Å². The summed E-state index contributed by atoms with van der Waals surface area (Å²) in [6.07, 6.45) is 9.75. The zero-order chi connectivity index (χ0) is 81.7. The molecule has 0 aliphatic rings. The van der Waals surface area contributed by atoms with Crippen LogP contribution in [0.25, 0.3) is 108 Å². The summed E-state index contributed by atoms with van der Waals surface area (Å²) in [5.41, 5.74) is 14.5. The van der Waals surface area contributed by atoms with E-state index in [2.05, 4.69) is 438 Å². The molecule has 0 heteroatoms. The Bertz CT molecular complexity index is 7070. The van der Waals surface area contributed by atoms with Crippen LogP contribution in [0, 0.1) is 0 Å². The highest BCUT2D eigenvalue weighted by Gasteiger charge is 2.36. The average Bonchev–Trinajstić information content (AvgIpc) is 0.769. The van der Waals surface area contributed by atoms with E-state index >= 15 is 0 Å². The number of hydrogen-bond donors (Lipinski definition) is 0. The van der Waals surface area contributed by atoms with Gasteiger partial charge in [-0.15, -0.1) is 0 Å². The maximum absolute atomic E-state index is 2.55. The largest absolute Gasteiger partial charge is 0.0648 e. The molecule has 0 saturated carbocycles. The third-order valence-electron chi connectivity index (χ3n) is 28.4. The van der Waals surface area contributed by atoms with Gasteiger partial charge in [0.05, 0.1) is 0 Å². The lowest BCUT2D eigenvalue weighted by Gasteiger charge is -2.36. The minimum Gasteiger partial charge on any atom is -0.0648 e. The van der Waals surface area contributed by atoms with Gasteiger partial charge in [0.2, 0.25) is 0 Å². The first-order valence-electron chi connectivity index (χ1n) is 45.1. The van der Waals surface area contributed by atoms with Gasteiger partial charge in [-0.05, 0) is 287 Å². The lowest BCUT2D eigenvalue weighted by Crippen LogP contribution is -2.19. The predicted octanol–water partition coefficient (Wildman–Crippen LogP) is 34.3. The normalized spacial score (nSPS) is 14.5. The molecular formula is C122H106. The Morgan fingerprint density at radius 1 is 0.131 bits per heavy atom. The first-order valence-corrected chi connectivity index (χ1v) is 45.1. The van der Waals surface area contributed by atoms with Crippen molar-refractivity contribution in [2.45, 2.75) is 137 Å². The van der Waals surface area contributed by atoms with Crippen LogP contribution in [-0.2, 0) is 0 Å². The monoisotopic (exact) mass is 1570 g/mol. The van der Waals surface area contributed by atoms with E-state index in [9.17, 15) is 0 Å². The zero-order valence-corrected chi connectivity index (χ0v) is 70.3. The van der Waals surface area contributed by atoms with Gasteiger partial charge in [0.15, 0.2) is 0 Å². The Hall–Kier alpha value is -13.0. The average molecular weight is 1570 g/mol. The maximum Gasteiger partial charge on any atom is -0.0144 e. The molecule has 20 rings (SSSR count). The third kappa shape index (κ3) is 15.9.